The van der Waals surface area contributed by atoms with Crippen molar-refractivity contribution in [1.29, 1.82) is 0 Å². The van der Waals surface area contributed by atoms with Crippen molar-refractivity contribution in [2.24, 2.45) is 0 Å². The Kier molecular flexibility index (Phi) is 7.10. The summed E-state index contributed by atoms with van der Waals surface area (Å²) in [5.74, 6) is 0.469. The zero-order valence-corrected chi connectivity index (χ0v) is 21.0. The molecule has 6 rings (SSSR count). The van der Waals surface area contributed by atoms with E-state index in [0.29, 0.717) is 23.3 Å². The van der Waals surface area contributed by atoms with Crippen LogP contribution in [0.2, 0.25) is 0 Å². The molecule has 2 heterocycles. The summed E-state index contributed by atoms with van der Waals surface area (Å²) in [6.45, 7) is 0. The van der Waals surface area contributed by atoms with E-state index in [0.717, 1.165) is 11.6 Å². The fraction of sp³-hybridized carbons (Fsp3) is 0.161. The van der Waals surface area contributed by atoms with Crippen LogP contribution in [0.15, 0.2) is 84.9 Å². The van der Waals surface area contributed by atoms with Crippen LogP contribution in [0.3, 0.4) is 0 Å². The van der Waals surface area contributed by atoms with Crippen LogP contribution < -0.4 is 14.2 Å². The third-order valence-corrected chi connectivity index (χ3v) is 6.56. The van der Waals surface area contributed by atoms with E-state index in [-0.39, 0.29) is 58.4 Å². The van der Waals surface area contributed by atoms with Gasteiger partial charge < -0.3 is 29.5 Å². The van der Waals surface area contributed by atoms with Gasteiger partial charge in [0.1, 0.15) is 40.8 Å². The second kappa shape index (κ2) is 10.8. The Labute approximate surface area is 224 Å². The standard InChI is InChI=1S/C16H14O6.C15H12O2/c1-21-14-4-8(2-3-10(14)18)13-7-12(20)16-11(19)5-9(17)6-15(16)22-13;16-13-10-15(11-6-2-1-3-7-11)17-14-9-5-4-8-12(13)14/h2-6,13,17-19H,7H2,1H3;1-9,15H,10H2/t13-;/m0./s1. The number of aromatic hydroxyl groups is 3. The molecule has 0 aromatic heterocycles. The number of carbonyl (C=O) groups is 2. The molecule has 1 unspecified atom stereocenters. The van der Waals surface area contributed by atoms with Gasteiger partial charge in [0.2, 0.25) is 0 Å². The lowest BCUT2D eigenvalue weighted by atomic mass is 9.95. The second-order valence-corrected chi connectivity index (χ2v) is 9.14. The fourth-order valence-electron chi connectivity index (χ4n) is 4.63. The molecule has 3 N–H and O–H groups in total. The Balaban J connectivity index is 0.000000163. The van der Waals surface area contributed by atoms with Gasteiger partial charge in [0.05, 0.1) is 25.5 Å². The van der Waals surface area contributed by atoms with Crippen LogP contribution in [-0.2, 0) is 0 Å². The maximum Gasteiger partial charge on any atom is 0.174 e. The number of methoxy groups -OCH3 is 1. The highest BCUT2D eigenvalue weighted by atomic mass is 16.5. The maximum atomic E-state index is 12.2. The minimum atomic E-state index is -0.587. The van der Waals surface area contributed by atoms with Gasteiger partial charge in [-0.2, -0.15) is 0 Å². The third-order valence-electron chi connectivity index (χ3n) is 6.56. The Morgan fingerprint density at radius 3 is 2.13 bits per heavy atom. The molecule has 0 saturated carbocycles. The van der Waals surface area contributed by atoms with Crippen molar-refractivity contribution >= 4 is 11.6 Å². The monoisotopic (exact) mass is 526 g/mol. The zero-order valence-electron chi connectivity index (χ0n) is 21.0. The van der Waals surface area contributed by atoms with Gasteiger partial charge in [0, 0.05) is 12.1 Å². The lowest BCUT2D eigenvalue weighted by molar-refractivity contribution is 0.0837. The molecule has 0 aliphatic carbocycles. The molecule has 4 aromatic rings. The number of hydrogen-bond donors (Lipinski definition) is 3. The highest BCUT2D eigenvalue weighted by Crippen LogP contribution is 2.42. The summed E-state index contributed by atoms with van der Waals surface area (Å²) in [5.41, 5.74) is 2.46. The summed E-state index contributed by atoms with van der Waals surface area (Å²) in [6, 6.07) is 24.3. The molecule has 0 radical (unpaired) electrons. The van der Waals surface area contributed by atoms with Crippen LogP contribution in [0.5, 0.6) is 34.5 Å². The third kappa shape index (κ3) is 5.36. The highest BCUT2D eigenvalue weighted by Gasteiger charge is 2.31. The number of Topliss-reactive ketones (excluding diaryl/α,β-unsaturated/α-hetero) is 2. The molecular weight excluding hydrogens is 500 g/mol. The average molecular weight is 527 g/mol. The summed E-state index contributed by atoms with van der Waals surface area (Å²) in [4.78, 5) is 24.2. The molecule has 0 bridgehead atoms. The zero-order chi connectivity index (χ0) is 27.5. The van der Waals surface area contributed by atoms with Gasteiger partial charge in [-0.15, -0.1) is 0 Å². The number of fused-ring (bicyclic) bond motifs is 2. The van der Waals surface area contributed by atoms with Gasteiger partial charge in [-0.3, -0.25) is 9.59 Å². The van der Waals surface area contributed by atoms with Crippen LogP contribution in [0.25, 0.3) is 0 Å². The normalized spacial score (nSPS) is 17.5. The van der Waals surface area contributed by atoms with Crippen LogP contribution >= 0.6 is 0 Å². The van der Waals surface area contributed by atoms with Gasteiger partial charge in [0.15, 0.2) is 23.1 Å². The number of benzene rings is 4. The van der Waals surface area contributed by atoms with E-state index in [4.69, 9.17) is 14.2 Å². The van der Waals surface area contributed by atoms with E-state index in [9.17, 15) is 24.9 Å². The molecular formula is C31H26O8. The van der Waals surface area contributed by atoms with E-state index < -0.39 is 6.10 Å². The predicted octanol–water partition coefficient (Wildman–Crippen LogP) is 5.91. The van der Waals surface area contributed by atoms with Crippen LogP contribution in [0, 0.1) is 0 Å². The first-order chi connectivity index (χ1) is 18.8. The minimum Gasteiger partial charge on any atom is -0.508 e. The van der Waals surface area contributed by atoms with Crippen molar-refractivity contribution in [1.82, 2.24) is 0 Å². The summed E-state index contributed by atoms with van der Waals surface area (Å²) in [7, 11) is 1.43. The number of para-hydroxylation sites is 1. The number of rotatable bonds is 3. The lowest BCUT2D eigenvalue weighted by Crippen LogP contribution is -2.20. The van der Waals surface area contributed by atoms with Crippen molar-refractivity contribution < 1.29 is 39.1 Å². The largest absolute Gasteiger partial charge is 0.508 e. The molecule has 2 atom stereocenters. The summed E-state index contributed by atoms with van der Waals surface area (Å²) in [5, 5.41) is 28.9. The van der Waals surface area contributed by atoms with E-state index in [1.165, 1.54) is 19.2 Å². The predicted molar refractivity (Wildman–Crippen MR) is 142 cm³/mol. The molecule has 0 saturated heterocycles. The first-order valence-corrected chi connectivity index (χ1v) is 12.3. The van der Waals surface area contributed by atoms with E-state index in [1.54, 1.807) is 12.1 Å². The summed E-state index contributed by atoms with van der Waals surface area (Å²) < 4.78 is 16.6. The second-order valence-electron chi connectivity index (χ2n) is 9.14. The van der Waals surface area contributed by atoms with Crippen LogP contribution in [-0.4, -0.2) is 34.0 Å². The SMILES string of the molecule is COc1cc([C@@H]2CC(=O)c3c(O)cc(O)cc3O2)ccc1O.O=C1CC(c2ccccc2)Oc2ccccc21. The smallest absolute Gasteiger partial charge is 0.174 e. The quantitative estimate of drug-likeness (QED) is 0.301. The summed E-state index contributed by atoms with van der Waals surface area (Å²) >= 11 is 0. The van der Waals surface area contributed by atoms with E-state index in [1.807, 2.05) is 54.6 Å². The maximum absolute atomic E-state index is 12.2. The summed E-state index contributed by atoms with van der Waals surface area (Å²) in [6.07, 6.45) is -0.283. The molecule has 4 aromatic carbocycles. The van der Waals surface area contributed by atoms with Gasteiger partial charge in [-0.05, 0) is 35.4 Å². The van der Waals surface area contributed by atoms with Crippen molar-refractivity contribution in [3.63, 3.8) is 0 Å². The fourth-order valence-corrected chi connectivity index (χ4v) is 4.63. The molecule has 39 heavy (non-hydrogen) atoms. The molecule has 2 aliphatic heterocycles. The topological polar surface area (TPSA) is 123 Å². The van der Waals surface area contributed by atoms with Gasteiger partial charge >= 0.3 is 0 Å². The number of ether oxygens (including phenoxy) is 3. The van der Waals surface area contributed by atoms with Crippen molar-refractivity contribution in [3.8, 4) is 34.5 Å². The van der Waals surface area contributed by atoms with Gasteiger partial charge in [-0.1, -0.05) is 48.5 Å². The number of carbonyl (C=O) groups excluding carboxylic acids is 2. The molecule has 0 fully saturated rings. The minimum absolute atomic E-state index is 0.0101. The highest BCUT2D eigenvalue weighted by molar-refractivity contribution is 6.02. The number of ketones is 2. The Bertz CT molecular complexity index is 1530. The Morgan fingerprint density at radius 1 is 0.692 bits per heavy atom. The Morgan fingerprint density at radius 2 is 1.36 bits per heavy atom. The molecule has 0 amide bonds. The number of hydrogen-bond acceptors (Lipinski definition) is 8. The van der Waals surface area contributed by atoms with Crippen molar-refractivity contribution in [2.45, 2.75) is 25.0 Å². The molecule has 8 nitrogen and oxygen atoms in total. The molecule has 2 aliphatic rings. The van der Waals surface area contributed by atoms with Gasteiger partial charge in [-0.25, -0.2) is 0 Å². The van der Waals surface area contributed by atoms with E-state index in [2.05, 4.69) is 0 Å². The van der Waals surface area contributed by atoms with Gasteiger partial charge in [0.25, 0.3) is 0 Å². The first-order valence-electron chi connectivity index (χ1n) is 12.3. The number of phenols is 3. The van der Waals surface area contributed by atoms with Crippen LogP contribution in [0.4, 0.5) is 0 Å². The molecule has 0 spiro atoms. The lowest BCUT2D eigenvalue weighted by Gasteiger charge is -2.26. The van der Waals surface area contributed by atoms with Crippen molar-refractivity contribution in [2.75, 3.05) is 7.11 Å². The van der Waals surface area contributed by atoms with Crippen LogP contribution in [0.1, 0.15) is 56.9 Å². The van der Waals surface area contributed by atoms with Crippen molar-refractivity contribution in [3.05, 3.63) is 107 Å². The molecule has 8 heteroatoms. The average Bonchev–Trinajstić information content (AvgIpc) is 2.93. The Hall–Kier alpha value is -4.98. The first kappa shape index (κ1) is 25.7. The number of phenolic OH excluding ortho intramolecular Hbond substituents is 3. The van der Waals surface area contributed by atoms with E-state index >= 15 is 0 Å². The molecule has 198 valence electrons.